The van der Waals surface area contributed by atoms with Crippen molar-refractivity contribution in [2.45, 2.75) is 32.7 Å². The van der Waals surface area contributed by atoms with Crippen molar-refractivity contribution in [3.63, 3.8) is 0 Å². The Morgan fingerprint density at radius 3 is 2.45 bits per heavy atom. The first-order chi connectivity index (χ1) is 5.11. The molecule has 0 heterocycles. The second kappa shape index (κ2) is 3.11. The lowest BCUT2D eigenvalue weighted by Gasteiger charge is -2.21. The summed E-state index contributed by atoms with van der Waals surface area (Å²) in [5.74, 6) is 0.517. The number of carbonyl (C=O) groups excluding carboxylic acids is 1. The van der Waals surface area contributed by atoms with Crippen molar-refractivity contribution in [2.24, 2.45) is 11.7 Å². The highest BCUT2D eigenvalue weighted by atomic mass is 16.2. The van der Waals surface area contributed by atoms with Crippen LogP contribution in [0.15, 0.2) is 0 Å². The Kier molecular flexibility index (Phi) is 2.37. The summed E-state index contributed by atoms with van der Waals surface area (Å²) >= 11 is 0. The van der Waals surface area contributed by atoms with E-state index in [-0.39, 0.29) is 6.03 Å². The molecule has 0 bridgehead atoms. The average molecular weight is 156 g/mol. The number of amides is 2. The molecule has 1 saturated carbocycles. The molecule has 0 saturated heterocycles. The minimum atomic E-state index is -0.263. The zero-order chi connectivity index (χ0) is 8.43. The molecule has 0 aromatic carbocycles. The van der Waals surface area contributed by atoms with E-state index in [4.69, 9.17) is 5.73 Å². The average Bonchev–Trinajstić information content (AvgIpc) is 2.63. The molecule has 1 rings (SSSR count). The molecule has 3 nitrogen and oxygen atoms in total. The molecule has 11 heavy (non-hydrogen) atoms. The van der Waals surface area contributed by atoms with Crippen molar-refractivity contribution in [3.05, 3.63) is 0 Å². The lowest BCUT2D eigenvalue weighted by molar-refractivity contribution is 0.197. The molecule has 1 aliphatic carbocycles. The summed E-state index contributed by atoms with van der Waals surface area (Å²) in [5.41, 5.74) is 5.21. The smallest absolute Gasteiger partial charge is 0.315 e. The van der Waals surface area contributed by atoms with Gasteiger partial charge in [-0.15, -0.1) is 0 Å². The van der Waals surface area contributed by atoms with Gasteiger partial charge in [-0.05, 0) is 18.8 Å². The fourth-order valence-corrected chi connectivity index (χ4v) is 1.20. The van der Waals surface area contributed by atoms with Crippen LogP contribution in [-0.2, 0) is 0 Å². The van der Waals surface area contributed by atoms with Crippen molar-refractivity contribution in [1.82, 2.24) is 4.90 Å². The summed E-state index contributed by atoms with van der Waals surface area (Å²) in [7, 11) is 0. The molecule has 0 atom stereocenters. The summed E-state index contributed by atoms with van der Waals surface area (Å²) < 4.78 is 0. The van der Waals surface area contributed by atoms with Crippen LogP contribution in [0.3, 0.4) is 0 Å². The van der Waals surface area contributed by atoms with Crippen molar-refractivity contribution < 1.29 is 4.79 Å². The van der Waals surface area contributed by atoms with E-state index in [1.807, 2.05) is 0 Å². The number of hydrogen-bond acceptors (Lipinski definition) is 1. The van der Waals surface area contributed by atoms with E-state index in [0.29, 0.717) is 12.0 Å². The standard InChI is InChI=1S/C8H16N2O/c1-6(2)5-10(8(9)11)7-3-4-7/h6-7H,3-5H2,1-2H3,(H2,9,11). The number of hydrogen-bond donors (Lipinski definition) is 1. The van der Waals surface area contributed by atoms with Crippen LogP contribution in [0, 0.1) is 5.92 Å². The van der Waals surface area contributed by atoms with E-state index in [2.05, 4.69) is 13.8 Å². The van der Waals surface area contributed by atoms with Crippen LogP contribution >= 0.6 is 0 Å². The number of nitrogens with zero attached hydrogens (tertiary/aromatic N) is 1. The molecule has 0 aromatic rings. The Morgan fingerprint density at radius 2 is 2.18 bits per heavy atom. The van der Waals surface area contributed by atoms with Crippen LogP contribution in [0.5, 0.6) is 0 Å². The van der Waals surface area contributed by atoms with Gasteiger partial charge < -0.3 is 10.6 Å². The van der Waals surface area contributed by atoms with Crippen molar-refractivity contribution in [1.29, 1.82) is 0 Å². The SMILES string of the molecule is CC(C)CN(C(N)=O)C1CC1. The van der Waals surface area contributed by atoms with Gasteiger partial charge in [0.1, 0.15) is 0 Å². The highest BCUT2D eigenvalue weighted by Crippen LogP contribution is 2.26. The van der Waals surface area contributed by atoms with E-state index in [0.717, 1.165) is 19.4 Å². The van der Waals surface area contributed by atoms with Gasteiger partial charge in [-0.1, -0.05) is 13.8 Å². The molecule has 0 radical (unpaired) electrons. The van der Waals surface area contributed by atoms with Gasteiger partial charge >= 0.3 is 6.03 Å². The largest absolute Gasteiger partial charge is 0.351 e. The fraction of sp³-hybridized carbons (Fsp3) is 0.875. The zero-order valence-corrected chi connectivity index (χ0v) is 7.21. The van der Waals surface area contributed by atoms with Gasteiger partial charge in [0.25, 0.3) is 0 Å². The summed E-state index contributed by atoms with van der Waals surface area (Å²) in [6.07, 6.45) is 2.27. The number of nitrogens with two attached hydrogens (primary N) is 1. The van der Waals surface area contributed by atoms with Gasteiger partial charge in [0, 0.05) is 12.6 Å². The van der Waals surface area contributed by atoms with Gasteiger partial charge in [0.2, 0.25) is 0 Å². The molecule has 2 amide bonds. The number of rotatable bonds is 3. The summed E-state index contributed by atoms with van der Waals surface area (Å²) in [5, 5.41) is 0. The molecule has 0 unspecified atom stereocenters. The van der Waals surface area contributed by atoms with Crippen molar-refractivity contribution in [2.75, 3.05) is 6.54 Å². The molecule has 0 aromatic heterocycles. The van der Waals surface area contributed by atoms with Crippen LogP contribution in [0.4, 0.5) is 4.79 Å². The Labute approximate surface area is 67.5 Å². The van der Waals surface area contributed by atoms with Gasteiger partial charge in [0.05, 0.1) is 0 Å². The summed E-state index contributed by atoms with van der Waals surface area (Å²) in [6, 6.07) is 0.191. The Balaban J connectivity index is 2.38. The van der Waals surface area contributed by atoms with E-state index >= 15 is 0 Å². The number of carbonyl (C=O) groups is 1. The van der Waals surface area contributed by atoms with Crippen LogP contribution in [-0.4, -0.2) is 23.5 Å². The number of urea groups is 1. The van der Waals surface area contributed by atoms with E-state index < -0.39 is 0 Å². The van der Waals surface area contributed by atoms with Crippen LogP contribution in [0.2, 0.25) is 0 Å². The normalized spacial score (nSPS) is 17.0. The van der Waals surface area contributed by atoms with Gasteiger partial charge in [-0.25, -0.2) is 4.79 Å². The summed E-state index contributed by atoms with van der Waals surface area (Å²) in [4.78, 5) is 12.6. The summed E-state index contributed by atoms with van der Waals surface area (Å²) in [6.45, 7) is 5.00. The molecule has 64 valence electrons. The second-order valence-corrected chi connectivity index (χ2v) is 3.62. The minimum Gasteiger partial charge on any atom is -0.351 e. The quantitative estimate of drug-likeness (QED) is 0.655. The highest BCUT2D eigenvalue weighted by Gasteiger charge is 2.31. The van der Waals surface area contributed by atoms with Gasteiger partial charge in [0.15, 0.2) is 0 Å². The molecule has 3 heteroatoms. The van der Waals surface area contributed by atoms with Gasteiger partial charge in [-0.3, -0.25) is 0 Å². The molecule has 0 aliphatic heterocycles. The molecular weight excluding hydrogens is 140 g/mol. The molecule has 0 spiro atoms. The fourth-order valence-electron chi connectivity index (χ4n) is 1.20. The van der Waals surface area contributed by atoms with Crippen molar-refractivity contribution >= 4 is 6.03 Å². The third-order valence-electron chi connectivity index (χ3n) is 1.83. The van der Waals surface area contributed by atoms with Gasteiger partial charge in [-0.2, -0.15) is 0 Å². The maximum atomic E-state index is 10.9. The van der Waals surface area contributed by atoms with Crippen molar-refractivity contribution in [3.8, 4) is 0 Å². The Hall–Kier alpha value is -0.730. The monoisotopic (exact) mass is 156 g/mol. The van der Waals surface area contributed by atoms with Crippen LogP contribution < -0.4 is 5.73 Å². The first-order valence-electron chi connectivity index (χ1n) is 4.17. The van der Waals surface area contributed by atoms with Crippen LogP contribution in [0.1, 0.15) is 26.7 Å². The molecule has 1 fully saturated rings. The highest BCUT2D eigenvalue weighted by molar-refractivity contribution is 5.72. The Bertz CT molecular complexity index is 152. The lowest BCUT2D eigenvalue weighted by atomic mass is 10.2. The molecule has 2 N–H and O–H groups in total. The lowest BCUT2D eigenvalue weighted by Crippen LogP contribution is -2.39. The predicted octanol–water partition coefficient (Wildman–Crippen LogP) is 1.19. The topological polar surface area (TPSA) is 46.3 Å². The third kappa shape index (κ3) is 2.41. The van der Waals surface area contributed by atoms with Crippen LogP contribution in [0.25, 0.3) is 0 Å². The molecule has 1 aliphatic rings. The Morgan fingerprint density at radius 1 is 1.64 bits per heavy atom. The second-order valence-electron chi connectivity index (χ2n) is 3.62. The van der Waals surface area contributed by atoms with E-state index in [1.54, 1.807) is 4.90 Å². The maximum Gasteiger partial charge on any atom is 0.315 e. The maximum absolute atomic E-state index is 10.9. The first-order valence-corrected chi connectivity index (χ1v) is 4.17. The number of primary amides is 1. The van der Waals surface area contributed by atoms with E-state index in [9.17, 15) is 4.79 Å². The third-order valence-corrected chi connectivity index (χ3v) is 1.83. The first kappa shape index (κ1) is 8.37. The van der Waals surface area contributed by atoms with E-state index in [1.165, 1.54) is 0 Å². The predicted molar refractivity (Wildman–Crippen MR) is 44.1 cm³/mol. The molecular formula is C8H16N2O. The zero-order valence-electron chi connectivity index (χ0n) is 7.21. The minimum absolute atomic E-state index is 0.263.